The molecular formula is C20H36Cl2N4O4. The number of carbonyl (C=O) groups excluding carboxylic acids is 2. The van der Waals surface area contributed by atoms with E-state index in [4.69, 9.17) is 9.47 Å². The topological polar surface area (TPSA) is 92.8 Å². The molecule has 0 saturated carbocycles. The van der Waals surface area contributed by atoms with Crippen molar-refractivity contribution in [2.45, 2.75) is 46.5 Å². The summed E-state index contributed by atoms with van der Waals surface area (Å²) >= 11 is 0. The van der Waals surface area contributed by atoms with Crippen molar-refractivity contribution in [2.24, 2.45) is 0 Å². The zero-order valence-electron chi connectivity index (χ0n) is 18.1. The highest BCUT2D eigenvalue weighted by atomic mass is 35.5. The van der Waals surface area contributed by atoms with Crippen LogP contribution < -0.4 is 15.5 Å². The van der Waals surface area contributed by atoms with Crippen LogP contribution in [0.15, 0.2) is 18.3 Å². The highest BCUT2D eigenvalue weighted by Crippen LogP contribution is 2.15. The van der Waals surface area contributed by atoms with Gasteiger partial charge in [-0.1, -0.05) is 32.8 Å². The Hall–Kier alpha value is -1.93. The summed E-state index contributed by atoms with van der Waals surface area (Å²) in [6.07, 6.45) is 4.75. The van der Waals surface area contributed by atoms with Gasteiger partial charge in [0.05, 0.1) is 13.1 Å². The third kappa shape index (κ3) is 13.3. The number of aryl methyl sites for hydroxylation is 1. The number of hydrogen-bond donors (Lipinski definition) is 2. The average Bonchev–Trinajstić information content (AvgIpc) is 2.68. The number of rotatable bonds is 13. The maximum Gasteiger partial charge on any atom is 0.407 e. The van der Waals surface area contributed by atoms with E-state index in [0.29, 0.717) is 26.2 Å². The number of alkyl carbamates (subject to hydrolysis) is 2. The molecule has 30 heavy (non-hydrogen) atoms. The molecule has 0 saturated heterocycles. The van der Waals surface area contributed by atoms with E-state index in [1.165, 1.54) is 0 Å². The lowest BCUT2D eigenvalue weighted by Crippen LogP contribution is -2.36. The number of ether oxygens (including phenoxy) is 2. The Morgan fingerprint density at radius 2 is 1.47 bits per heavy atom. The van der Waals surface area contributed by atoms with Crippen LogP contribution in [0.25, 0.3) is 0 Å². The summed E-state index contributed by atoms with van der Waals surface area (Å²) in [4.78, 5) is 29.7. The molecule has 0 unspecified atom stereocenters. The van der Waals surface area contributed by atoms with E-state index in [0.717, 1.165) is 37.1 Å². The Morgan fingerprint density at radius 3 is 1.90 bits per heavy atom. The number of aromatic nitrogens is 1. The first kappa shape index (κ1) is 30.3. The molecule has 2 amide bonds. The lowest BCUT2D eigenvalue weighted by atomic mass is 10.2. The summed E-state index contributed by atoms with van der Waals surface area (Å²) in [6.45, 7) is 8.66. The van der Waals surface area contributed by atoms with E-state index in [-0.39, 0.29) is 38.0 Å². The summed E-state index contributed by atoms with van der Waals surface area (Å²) in [5.74, 6) is 0.785. The van der Waals surface area contributed by atoms with E-state index in [1.54, 1.807) is 6.20 Å². The second-order valence-corrected chi connectivity index (χ2v) is 6.46. The molecule has 0 radical (unpaired) electrons. The zero-order chi connectivity index (χ0) is 20.6. The molecule has 1 heterocycles. The van der Waals surface area contributed by atoms with Gasteiger partial charge in [-0.25, -0.2) is 14.6 Å². The van der Waals surface area contributed by atoms with Gasteiger partial charge in [-0.3, -0.25) is 0 Å². The minimum absolute atomic E-state index is 0. The van der Waals surface area contributed by atoms with Gasteiger partial charge in [-0.2, -0.15) is 0 Å². The summed E-state index contributed by atoms with van der Waals surface area (Å²) in [5.41, 5.74) is 1.00. The van der Waals surface area contributed by atoms with Crippen LogP contribution >= 0.6 is 24.8 Å². The number of hydrogen-bond acceptors (Lipinski definition) is 6. The minimum atomic E-state index is -0.419. The molecule has 1 aromatic heterocycles. The molecule has 0 aliphatic rings. The van der Waals surface area contributed by atoms with Crippen molar-refractivity contribution in [3.8, 4) is 0 Å². The lowest BCUT2D eigenvalue weighted by molar-refractivity contribution is 0.144. The molecule has 0 fully saturated rings. The van der Waals surface area contributed by atoms with Gasteiger partial charge in [-0.05, 0) is 31.4 Å². The molecule has 0 atom stereocenters. The molecule has 174 valence electrons. The predicted octanol–water partition coefficient (Wildman–Crippen LogP) is 4.09. The first-order valence-corrected chi connectivity index (χ1v) is 10.1. The van der Waals surface area contributed by atoms with Crippen molar-refractivity contribution in [2.75, 3.05) is 44.3 Å². The third-order valence-corrected chi connectivity index (χ3v) is 4.07. The van der Waals surface area contributed by atoms with Crippen LogP contribution in [0, 0.1) is 6.92 Å². The van der Waals surface area contributed by atoms with Gasteiger partial charge < -0.3 is 25.0 Å². The largest absolute Gasteiger partial charge is 0.448 e. The van der Waals surface area contributed by atoms with E-state index in [2.05, 4.69) is 29.5 Å². The van der Waals surface area contributed by atoms with Crippen molar-refractivity contribution < 1.29 is 19.1 Å². The van der Waals surface area contributed by atoms with Crippen LogP contribution in [0.4, 0.5) is 15.4 Å². The van der Waals surface area contributed by atoms with Gasteiger partial charge in [-0.15, -0.1) is 24.8 Å². The highest BCUT2D eigenvalue weighted by molar-refractivity contribution is 5.85. The fourth-order valence-corrected chi connectivity index (χ4v) is 2.47. The van der Waals surface area contributed by atoms with Crippen molar-refractivity contribution in [1.29, 1.82) is 0 Å². The fourth-order valence-electron chi connectivity index (χ4n) is 2.47. The molecule has 0 bridgehead atoms. The summed E-state index contributed by atoms with van der Waals surface area (Å²) in [7, 11) is 0. The molecule has 2 N–H and O–H groups in total. The number of anilines is 1. The Bertz CT molecular complexity index is 566. The molecule has 0 aliphatic carbocycles. The number of halogens is 2. The summed E-state index contributed by atoms with van der Waals surface area (Å²) in [5, 5.41) is 5.44. The van der Waals surface area contributed by atoms with Gasteiger partial charge in [0.2, 0.25) is 0 Å². The van der Waals surface area contributed by atoms with Crippen LogP contribution in [-0.4, -0.2) is 56.6 Å². The first-order valence-electron chi connectivity index (χ1n) is 10.1. The number of pyridine rings is 1. The number of nitrogens with zero attached hydrogens (tertiary/aromatic N) is 2. The lowest BCUT2D eigenvalue weighted by Gasteiger charge is -2.24. The quantitative estimate of drug-likeness (QED) is 0.425. The van der Waals surface area contributed by atoms with Gasteiger partial charge in [0.25, 0.3) is 0 Å². The molecule has 0 aromatic carbocycles. The third-order valence-electron chi connectivity index (χ3n) is 4.07. The monoisotopic (exact) mass is 466 g/mol. The van der Waals surface area contributed by atoms with Gasteiger partial charge >= 0.3 is 12.2 Å². The second-order valence-electron chi connectivity index (χ2n) is 6.46. The van der Waals surface area contributed by atoms with E-state index in [1.807, 2.05) is 24.0 Å². The maximum atomic E-state index is 11.7. The van der Waals surface area contributed by atoms with Crippen LogP contribution in [0.1, 0.15) is 45.1 Å². The first-order chi connectivity index (χ1) is 13.6. The van der Waals surface area contributed by atoms with Crippen molar-refractivity contribution in [3.63, 3.8) is 0 Å². The fraction of sp³-hybridized carbons (Fsp3) is 0.650. The molecule has 10 heteroatoms. The smallest absolute Gasteiger partial charge is 0.407 e. The SMILES string of the molecule is CCCCNC(=O)OCCN(CCOC(=O)NCCCC)c1ncccc1C.Cl.Cl. The van der Waals surface area contributed by atoms with Crippen LogP contribution in [0.3, 0.4) is 0 Å². The molecular weight excluding hydrogens is 431 g/mol. The zero-order valence-corrected chi connectivity index (χ0v) is 19.8. The Morgan fingerprint density at radius 1 is 0.967 bits per heavy atom. The van der Waals surface area contributed by atoms with Crippen LogP contribution in [0.5, 0.6) is 0 Å². The Balaban J connectivity index is 0. The highest BCUT2D eigenvalue weighted by Gasteiger charge is 2.13. The van der Waals surface area contributed by atoms with Crippen molar-refractivity contribution in [1.82, 2.24) is 15.6 Å². The van der Waals surface area contributed by atoms with E-state index >= 15 is 0 Å². The van der Waals surface area contributed by atoms with Crippen LogP contribution in [0.2, 0.25) is 0 Å². The Kier molecular flexibility index (Phi) is 19.2. The number of amides is 2. The predicted molar refractivity (Wildman–Crippen MR) is 124 cm³/mol. The Labute approximate surface area is 192 Å². The summed E-state index contributed by atoms with van der Waals surface area (Å²) < 4.78 is 10.5. The van der Waals surface area contributed by atoms with Gasteiger partial charge in [0.1, 0.15) is 19.0 Å². The molecule has 1 aromatic rings. The van der Waals surface area contributed by atoms with Crippen molar-refractivity contribution >= 4 is 42.8 Å². The van der Waals surface area contributed by atoms with E-state index < -0.39 is 12.2 Å². The number of nitrogens with one attached hydrogen (secondary N) is 2. The summed E-state index contributed by atoms with van der Waals surface area (Å²) in [6, 6.07) is 3.83. The normalized spacial score (nSPS) is 9.57. The van der Waals surface area contributed by atoms with Crippen LogP contribution in [-0.2, 0) is 9.47 Å². The van der Waals surface area contributed by atoms with Crippen molar-refractivity contribution in [3.05, 3.63) is 23.9 Å². The maximum absolute atomic E-state index is 11.7. The van der Waals surface area contributed by atoms with Gasteiger partial charge in [0, 0.05) is 19.3 Å². The molecule has 0 aliphatic heterocycles. The second kappa shape index (κ2) is 19.1. The number of carbonyl (C=O) groups is 2. The average molecular weight is 467 g/mol. The molecule has 8 nitrogen and oxygen atoms in total. The molecule has 1 rings (SSSR count). The van der Waals surface area contributed by atoms with E-state index in [9.17, 15) is 9.59 Å². The standard InChI is InChI=1S/C20H34N4O4.2ClH/c1-4-6-10-22-19(25)27-15-13-24(18-17(3)9-8-12-21-18)14-16-28-20(26)23-11-7-5-2;;/h8-9,12H,4-7,10-11,13-16H2,1-3H3,(H,22,25)(H,23,26);2*1H. The minimum Gasteiger partial charge on any atom is -0.448 e. The van der Waals surface area contributed by atoms with Gasteiger partial charge in [0.15, 0.2) is 0 Å². The number of unbranched alkanes of at least 4 members (excludes halogenated alkanes) is 2. The molecule has 0 spiro atoms.